The number of fused-ring (bicyclic) bond motifs is 1. The molecule has 0 spiro atoms. The van der Waals surface area contributed by atoms with Gasteiger partial charge >= 0.3 is 0 Å². The highest BCUT2D eigenvalue weighted by molar-refractivity contribution is 8.04. The van der Waals surface area contributed by atoms with Crippen molar-refractivity contribution in [3.63, 3.8) is 0 Å². The maximum absolute atomic E-state index is 13.1. The maximum Gasteiger partial charge on any atom is 0.193 e. The van der Waals surface area contributed by atoms with Crippen LogP contribution in [0.1, 0.15) is 58.7 Å². The lowest BCUT2D eigenvalue weighted by Crippen LogP contribution is -2.14. The molecule has 1 unspecified atom stereocenters. The van der Waals surface area contributed by atoms with Gasteiger partial charge in [0.1, 0.15) is 17.3 Å². The van der Waals surface area contributed by atoms with E-state index in [9.17, 15) is 9.59 Å². The first kappa shape index (κ1) is 48.4. The second-order valence-electron chi connectivity index (χ2n) is 14.4. The van der Waals surface area contributed by atoms with Crippen LogP contribution in [0.2, 0.25) is 0 Å². The molecule has 8 nitrogen and oxygen atoms in total. The number of thioether (sulfide) groups is 2. The van der Waals surface area contributed by atoms with Crippen LogP contribution in [0.15, 0.2) is 189 Å². The van der Waals surface area contributed by atoms with Crippen LogP contribution in [0.25, 0.3) is 28.5 Å². The summed E-state index contributed by atoms with van der Waals surface area (Å²) in [6, 6.07) is 44.7. The minimum Gasteiger partial charge on any atom is -0.341 e. The van der Waals surface area contributed by atoms with Crippen molar-refractivity contribution >= 4 is 69.4 Å². The Kier molecular flexibility index (Phi) is 18.8. The number of benzene rings is 4. The van der Waals surface area contributed by atoms with Crippen LogP contribution in [0.5, 0.6) is 0 Å². The van der Waals surface area contributed by atoms with Crippen LogP contribution in [-0.2, 0) is 0 Å². The number of aryl methyl sites for hydroxylation is 1. The van der Waals surface area contributed by atoms with Crippen molar-refractivity contribution in [2.45, 2.75) is 64.5 Å². The van der Waals surface area contributed by atoms with E-state index >= 15 is 0 Å². The lowest BCUT2D eigenvalue weighted by atomic mass is 10.2. The number of nitrogens with zero attached hydrogens (tertiary/aromatic N) is 3. The largest absolute Gasteiger partial charge is 0.341 e. The Labute approximate surface area is 386 Å². The van der Waals surface area contributed by atoms with Gasteiger partial charge in [0, 0.05) is 67.4 Å². The second kappa shape index (κ2) is 24.9. The molecule has 0 aliphatic rings. The molecule has 7 rings (SSSR count). The first-order chi connectivity index (χ1) is 31.1. The molecule has 3 heterocycles. The van der Waals surface area contributed by atoms with E-state index in [1.807, 2.05) is 183 Å². The summed E-state index contributed by atoms with van der Waals surface area (Å²) in [6.45, 7) is 11.9. The van der Waals surface area contributed by atoms with E-state index in [4.69, 9.17) is 10.4 Å². The topological polar surface area (TPSA) is 105 Å². The van der Waals surface area contributed by atoms with Crippen molar-refractivity contribution in [2.24, 2.45) is 0 Å². The summed E-state index contributed by atoms with van der Waals surface area (Å²) in [5.41, 5.74) is 6.14. The number of pyridine rings is 3. The third kappa shape index (κ3) is 13.4. The van der Waals surface area contributed by atoms with E-state index in [-0.39, 0.29) is 16.1 Å². The number of hydrogen-bond donors (Lipinski definition) is 3. The highest BCUT2D eigenvalue weighted by Crippen LogP contribution is 2.29. The van der Waals surface area contributed by atoms with Crippen molar-refractivity contribution in [1.29, 1.82) is 5.41 Å². The lowest BCUT2D eigenvalue weighted by molar-refractivity contribution is 1.03. The molecule has 0 saturated heterocycles. The Morgan fingerprint density at radius 2 is 1.28 bits per heavy atom. The van der Waals surface area contributed by atoms with Gasteiger partial charge in [0.2, 0.25) is 0 Å². The first-order valence-corrected chi connectivity index (χ1v) is 23.6. The predicted molar refractivity (Wildman–Crippen MR) is 278 cm³/mol. The molecule has 1 atom stereocenters. The normalized spacial score (nSPS) is 11.7. The van der Waals surface area contributed by atoms with Crippen LogP contribution in [0, 0.1) is 12.3 Å². The van der Waals surface area contributed by atoms with E-state index in [1.54, 1.807) is 42.6 Å². The molecule has 0 fully saturated rings. The van der Waals surface area contributed by atoms with E-state index in [0.29, 0.717) is 33.9 Å². The van der Waals surface area contributed by atoms with Crippen LogP contribution in [0.3, 0.4) is 0 Å². The Bertz CT molecular complexity index is 2800. The fourth-order valence-corrected chi connectivity index (χ4v) is 8.14. The Morgan fingerprint density at radius 3 is 1.84 bits per heavy atom. The Balaban J connectivity index is 0.000000238. The molecule has 0 bridgehead atoms. The van der Waals surface area contributed by atoms with Gasteiger partial charge in [-0.2, -0.15) is 0 Å². The predicted octanol–water partition coefficient (Wildman–Crippen LogP) is 14.2. The van der Waals surface area contributed by atoms with Gasteiger partial charge < -0.3 is 20.6 Å². The Morgan fingerprint density at radius 1 is 0.750 bits per heavy atom. The summed E-state index contributed by atoms with van der Waals surface area (Å²) >= 11 is 3.20. The highest BCUT2D eigenvalue weighted by atomic mass is 32.2. The average molecular weight is 887 g/mol. The van der Waals surface area contributed by atoms with Crippen LogP contribution in [0.4, 0.5) is 23.0 Å². The third-order valence-electron chi connectivity index (χ3n) is 9.69. The number of rotatable bonds is 15. The van der Waals surface area contributed by atoms with Crippen molar-refractivity contribution < 1.29 is 0 Å². The van der Waals surface area contributed by atoms with Crippen molar-refractivity contribution in [3.8, 4) is 11.4 Å². The van der Waals surface area contributed by atoms with Gasteiger partial charge in [-0.3, -0.25) is 14.2 Å². The first-order valence-electron chi connectivity index (χ1n) is 21.5. The summed E-state index contributed by atoms with van der Waals surface area (Å²) in [4.78, 5) is 32.6. The summed E-state index contributed by atoms with van der Waals surface area (Å²) in [5.74, 6) is 1.37. The van der Waals surface area contributed by atoms with Crippen molar-refractivity contribution in [1.82, 2.24) is 14.1 Å². The van der Waals surface area contributed by atoms with Gasteiger partial charge in [0.15, 0.2) is 10.9 Å². The van der Waals surface area contributed by atoms with E-state index < -0.39 is 0 Å². The standard InChI is InChI=1S/C30H33N3OS.C22H19N3OS.C2H6/c1-4-5-6-7-10-15-23(2)35-29(24(3)31)20-25-22-33(27-18-13-9-14-19-27)30(21-28(25)34)32-26-16-11-8-12-17-26;1-15-20(27-2)13-18-19(26)14-21(24-16-9-5-3-6-10-16)25(22(18)23-15)17-11-7-4-8-12-17;1-2/h4-5,8-23,31-32H,6-7H2,1-3H3;3-14,24H,1-2H3;1-2H3/b5-4-,15-10-,29-20+,31-24?;;. The lowest BCUT2D eigenvalue weighted by Gasteiger charge is -2.18. The molecule has 0 amide bonds. The molecule has 7 aromatic rings. The van der Waals surface area contributed by atoms with Crippen LogP contribution in [-0.4, -0.2) is 31.3 Å². The van der Waals surface area contributed by atoms with Gasteiger partial charge in [0.05, 0.1) is 11.1 Å². The molecule has 0 aliphatic heterocycles. The molecular formula is C54H58N6O2S2. The third-order valence-corrected chi connectivity index (χ3v) is 11.7. The highest BCUT2D eigenvalue weighted by Gasteiger charge is 2.15. The zero-order valence-corrected chi connectivity index (χ0v) is 39.3. The average Bonchev–Trinajstić information content (AvgIpc) is 3.31. The van der Waals surface area contributed by atoms with Gasteiger partial charge in [-0.05, 0) is 107 Å². The SMILES string of the molecule is C/C=C\CC/C=C\C(C)S/C(=C/c1cn(-c2ccccc2)c(Nc2ccccc2)cc1=O)C(C)=N.CC.CSc1cc2c(=O)cc(Nc3ccccc3)n(-c3ccccc3)c2nc1C. The van der Waals surface area contributed by atoms with Crippen LogP contribution < -0.4 is 21.5 Å². The second-order valence-corrected chi connectivity index (χ2v) is 16.7. The molecule has 3 aromatic heterocycles. The maximum atomic E-state index is 13.1. The van der Waals surface area contributed by atoms with Crippen molar-refractivity contribution in [3.05, 3.63) is 207 Å². The molecule has 3 N–H and O–H groups in total. The summed E-state index contributed by atoms with van der Waals surface area (Å²) in [6.07, 6.45) is 16.3. The zero-order valence-electron chi connectivity index (χ0n) is 37.7. The monoisotopic (exact) mass is 886 g/mol. The van der Waals surface area contributed by atoms with Gasteiger partial charge in [0.25, 0.3) is 0 Å². The van der Waals surface area contributed by atoms with Gasteiger partial charge in [-0.1, -0.05) is 111 Å². The molecule has 328 valence electrons. The van der Waals surface area contributed by atoms with E-state index in [0.717, 1.165) is 51.1 Å². The number of unbranched alkanes of at least 4 members (excludes halogenated alkanes) is 1. The minimum atomic E-state index is -0.0930. The van der Waals surface area contributed by atoms with Gasteiger partial charge in [-0.15, -0.1) is 23.5 Å². The number of nitrogens with one attached hydrogen (secondary N) is 3. The number of hydrogen-bond acceptors (Lipinski definition) is 8. The molecule has 10 heteroatoms. The molecular weight excluding hydrogens is 829 g/mol. The van der Waals surface area contributed by atoms with Gasteiger partial charge in [-0.25, -0.2) is 4.98 Å². The fraction of sp³-hybridized carbons (Fsp3) is 0.185. The smallest absolute Gasteiger partial charge is 0.193 e. The number of para-hydroxylation sites is 4. The van der Waals surface area contributed by atoms with Crippen molar-refractivity contribution in [2.75, 3.05) is 16.9 Å². The number of aromatic nitrogens is 3. The quantitative estimate of drug-likeness (QED) is 0.0408. The summed E-state index contributed by atoms with van der Waals surface area (Å²) < 4.78 is 3.98. The molecule has 0 aliphatic carbocycles. The number of allylic oxidation sites excluding steroid dienone is 4. The van der Waals surface area contributed by atoms with E-state index in [1.165, 1.54) is 0 Å². The Hall–Kier alpha value is -6.62. The molecule has 0 radical (unpaired) electrons. The summed E-state index contributed by atoms with van der Waals surface area (Å²) in [5, 5.41) is 15.8. The fourth-order valence-electron chi connectivity index (χ4n) is 6.60. The number of anilines is 4. The van der Waals surface area contributed by atoms with Crippen LogP contribution >= 0.6 is 23.5 Å². The molecule has 4 aromatic carbocycles. The summed E-state index contributed by atoms with van der Waals surface area (Å²) in [7, 11) is 0. The van der Waals surface area contributed by atoms with E-state index in [2.05, 4.69) is 41.9 Å². The zero-order chi connectivity index (χ0) is 45.8. The molecule has 0 saturated carbocycles. The molecule has 64 heavy (non-hydrogen) atoms. The minimum absolute atomic E-state index is 0.0431.